The van der Waals surface area contributed by atoms with E-state index in [0.29, 0.717) is 13.1 Å². The fourth-order valence-electron chi connectivity index (χ4n) is 2.58. The van der Waals surface area contributed by atoms with E-state index < -0.39 is 0 Å². The zero-order valence-electron chi connectivity index (χ0n) is 14.1. The number of aromatic amines is 1. The van der Waals surface area contributed by atoms with Gasteiger partial charge in [-0.25, -0.2) is 9.78 Å². The molecule has 4 N–H and O–H groups in total. The fourth-order valence-corrected chi connectivity index (χ4v) is 2.58. The highest BCUT2D eigenvalue weighted by molar-refractivity contribution is 5.78. The smallest absolute Gasteiger partial charge is 0.315 e. The molecule has 2 amide bonds. The summed E-state index contributed by atoms with van der Waals surface area (Å²) in [7, 11) is 0. The van der Waals surface area contributed by atoms with Gasteiger partial charge in [-0.15, -0.1) is 0 Å². The van der Waals surface area contributed by atoms with E-state index in [-0.39, 0.29) is 18.1 Å². The van der Waals surface area contributed by atoms with E-state index in [1.807, 2.05) is 39.0 Å². The van der Waals surface area contributed by atoms with Gasteiger partial charge in [0.25, 0.3) is 0 Å². The van der Waals surface area contributed by atoms with E-state index >= 15 is 0 Å². The van der Waals surface area contributed by atoms with Crippen molar-refractivity contribution in [2.75, 3.05) is 13.2 Å². The van der Waals surface area contributed by atoms with Crippen molar-refractivity contribution in [1.82, 2.24) is 20.6 Å². The van der Waals surface area contributed by atoms with Crippen LogP contribution in [0.4, 0.5) is 4.79 Å². The molecule has 0 fully saturated rings. The van der Waals surface area contributed by atoms with Crippen LogP contribution >= 0.6 is 0 Å². The number of amides is 2. The third kappa shape index (κ3) is 4.01. The number of nitrogens with one attached hydrogen (secondary N) is 3. The molecule has 0 unspecified atom stereocenters. The summed E-state index contributed by atoms with van der Waals surface area (Å²) in [5.41, 5.74) is 2.76. The van der Waals surface area contributed by atoms with Gasteiger partial charge in [-0.2, -0.15) is 0 Å². The van der Waals surface area contributed by atoms with Gasteiger partial charge in [-0.3, -0.25) is 0 Å². The first-order valence-corrected chi connectivity index (χ1v) is 8.10. The van der Waals surface area contributed by atoms with Crippen LogP contribution in [0.25, 0.3) is 11.0 Å². The van der Waals surface area contributed by atoms with Crippen molar-refractivity contribution in [3.05, 3.63) is 29.6 Å². The number of H-pyrrole nitrogens is 1. The van der Waals surface area contributed by atoms with Crippen molar-refractivity contribution in [3.63, 3.8) is 0 Å². The summed E-state index contributed by atoms with van der Waals surface area (Å²) in [6.07, 6.45) is 1.65. The van der Waals surface area contributed by atoms with Gasteiger partial charge >= 0.3 is 6.03 Å². The maximum absolute atomic E-state index is 11.9. The summed E-state index contributed by atoms with van der Waals surface area (Å²) in [6.45, 7) is 6.93. The SMILES string of the molecule is CCC(CC)(CO)CNC(=O)NCc1nc2c(C)cccc2[nH]1. The predicted octanol–water partition coefficient (Wildman–Crippen LogP) is 2.47. The van der Waals surface area contributed by atoms with Crippen molar-refractivity contribution >= 4 is 17.1 Å². The Labute approximate surface area is 136 Å². The van der Waals surface area contributed by atoms with E-state index in [1.54, 1.807) is 0 Å². The minimum Gasteiger partial charge on any atom is -0.396 e. The number of aliphatic hydroxyl groups excluding tert-OH is 1. The molecule has 2 aromatic rings. The Balaban J connectivity index is 1.89. The zero-order valence-corrected chi connectivity index (χ0v) is 14.1. The molecule has 6 nitrogen and oxygen atoms in total. The van der Waals surface area contributed by atoms with Gasteiger partial charge in [0.05, 0.1) is 24.2 Å². The molecule has 23 heavy (non-hydrogen) atoms. The molecule has 2 rings (SSSR count). The quantitative estimate of drug-likeness (QED) is 0.632. The molecule has 0 saturated carbocycles. The van der Waals surface area contributed by atoms with Crippen molar-refractivity contribution in [1.29, 1.82) is 0 Å². The lowest BCUT2D eigenvalue weighted by Crippen LogP contribution is -2.43. The van der Waals surface area contributed by atoms with Crippen molar-refractivity contribution in [3.8, 4) is 0 Å². The van der Waals surface area contributed by atoms with Crippen LogP contribution in [-0.2, 0) is 6.54 Å². The lowest BCUT2D eigenvalue weighted by atomic mass is 9.83. The zero-order chi connectivity index (χ0) is 16.9. The highest BCUT2D eigenvalue weighted by Crippen LogP contribution is 2.24. The molecule has 0 aliphatic heterocycles. The second kappa shape index (κ2) is 7.46. The average molecular weight is 318 g/mol. The van der Waals surface area contributed by atoms with Gasteiger partial charge in [0.2, 0.25) is 0 Å². The fraction of sp³-hybridized carbons (Fsp3) is 0.529. The topological polar surface area (TPSA) is 90.0 Å². The maximum Gasteiger partial charge on any atom is 0.315 e. The van der Waals surface area contributed by atoms with Crippen LogP contribution in [0.2, 0.25) is 0 Å². The summed E-state index contributed by atoms with van der Waals surface area (Å²) < 4.78 is 0. The molecule has 0 radical (unpaired) electrons. The van der Waals surface area contributed by atoms with Crippen molar-refractivity contribution in [2.24, 2.45) is 5.41 Å². The van der Waals surface area contributed by atoms with Gasteiger partial charge in [0.1, 0.15) is 5.82 Å². The number of nitrogens with zero attached hydrogens (tertiary/aromatic N) is 1. The highest BCUT2D eigenvalue weighted by Gasteiger charge is 2.25. The summed E-state index contributed by atoms with van der Waals surface area (Å²) >= 11 is 0. The van der Waals surface area contributed by atoms with Crippen LogP contribution in [0.5, 0.6) is 0 Å². The number of carbonyl (C=O) groups is 1. The van der Waals surface area contributed by atoms with Crippen LogP contribution < -0.4 is 10.6 Å². The summed E-state index contributed by atoms with van der Waals surface area (Å²) in [5, 5.41) is 15.2. The number of rotatable bonds is 7. The Bertz CT molecular complexity index is 653. The Kier molecular flexibility index (Phi) is 5.60. The minimum atomic E-state index is -0.248. The number of aromatic nitrogens is 2. The number of urea groups is 1. The maximum atomic E-state index is 11.9. The van der Waals surface area contributed by atoms with Crippen molar-refractivity contribution in [2.45, 2.75) is 40.2 Å². The largest absolute Gasteiger partial charge is 0.396 e. The summed E-state index contributed by atoms with van der Waals surface area (Å²) in [4.78, 5) is 19.7. The first-order chi connectivity index (χ1) is 11.0. The van der Waals surface area contributed by atoms with E-state index in [1.165, 1.54) is 0 Å². The standard InChI is InChI=1S/C17H26N4O2/c1-4-17(5-2,11-22)10-19-16(23)18-9-14-20-13-8-6-7-12(3)15(13)21-14/h6-8,22H,4-5,9-11H2,1-3H3,(H,20,21)(H2,18,19,23). The monoisotopic (exact) mass is 318 g/mol. The molecule has 1 aromatic heterocycles. The Morgan fingerprint density at radius 3 is 2.65 bits per heavy atom. The number of aliphatic hydroxyl groups is 1. The van der Waals surface area contributed by atoms with E-state index in [9.17, 15) is 9.90 Å². The average Bonchev–Trinajstić information content (AvgIpc) is 2.99. The Morgan fingerprint density at radius 2 is 2.04 bits per heavy atom. The third-order valence-corrected chi connectivity index (χ3v) is 4.64. The highest BCUT2D eigenvalue weighted by atomic mass is 16.3. The van der Waals surface area contributed by atoms with Crippen LogP contribution in [-0.4, -0.2) is 34.3 Å². The molecular formula is C17H26N4O2. The molecule has 1 heterocycles. The van der Waals surface area contributed by atoms with Crippen LogP contribution in [0, 0.1) is 12.3 Å². The second-order valence-electron chi connectivity index (χ2n) is 6.06. The lowest BCUT2D eigenvalue weighted by molar-refractivity contribution is 0.115. The molecule has 1 aromatic carbocycles. The number of carbonyl (C=O) groups excluding carboxylic acids is 1. The van der Waals surface area contributed by atoms with Crippen molar-refractivity contribution < 1.29 is 9.90 Å². The van der Waals surface area contributed by atoms with Crippen LogP contribution in [0.3, 0.4) is 0 Å². The third-order valence-electron chi connectivity index (χ3n) is 4.64. The molecule has 0 bridgehead atoms. The van der Waals surface area contributed by atoms with E-state index in [2.05, 4.69) is 20.6 Å². The van der Waals surface area contributed by atoms with Gasteiger partial charge in [0, 0.05) is 12.0 Å². The van der Waals surface area contributed by atoms with Gasteiger partial charge in [0.15, 0.2) is 0 Å². The first kappa shape index (κ1) is 17.3. The number of hydrogen-bond donors (Lipinski definition) is 4. The van der Waals surface area contributed by atoms with E-state index in [0.717, 1.165) is 35.3 Å². The molecule has 126 valence electrons. The summed E-state index contributed by atoms with van der Waals surface area (Å²) in [6, 6.07) is 5.71. The molecule has 0 spiro atoms. The first-order valence-electron chi connectivity index (χ1n) is 8.10. The normalized spacial score (nSPS) is 11.7. The molecule has 0 saturated heterocycles. The number of benzene rings is 1. The van der Waals surface area contributed by atoms with E-state index in [4.69, 9.17) is 0 Å². The van der Waals surface area contributed by atoms with Gasteiger partial charge < -0.3 is 20.7 Å². The molecule has 6 heteroatoms. The molecular weight excluding hydrogens is 292 g/mol. The second-order valence-corrected chi connectivity index (χ2v) is 6.06. The number of imidazole rings is 1. The number of aryl methyl sites for hydroxylation is 1. The van der Waals surface area contributed by atoms with Crippen LogP contribution in [0.1, 0.15) is 38.1 Å². The molecule has 0 aliphatic carbocycles. The lowest BCUT2D eigenvalue weighted by Gasteiger charge is -2.29. The summed E-state index contributed by atoms with van der Waals surface area (Å²) in [5.74, 6) is 0.726. The Morgan fingerprint density at radius 1 is 1.30 bits per heavy atom. The number of hydrogen-bond acceptors (Lipinski definition) is 3. The number of fused-ring (bicyclic) bond motifs is 1. The predicted molar refractivity (Wildman–Crippen MR) is 91.2 cm³/mol. The van der Waals surface area contributed by atoms with Gasteiger partial charge in [-0.1, -0.05) is 26.0 Å². The number of para-hydroxylation sites is 1. The van der Waals surface area contributed by atoms with Gasteiger partial charge in [-0.05, 0) is 31.4 Å². The van der Waals surface area contributed by atoms with Crippen LogP contribution in [0.15, 0.2) is 18.2 Å². The minimum absolute atomic E-state index is 0.0725. The molecule has 0 atom stereocenters. The molecule has 0 aliphatic rings. The Hall–Kier alpha value is -2.08.